The predicted molar refractivity (Wildman–Crippen MR) is 241 cm³/mol. The Morgan fingerprint density at radius 1 is 0.157 bits per heavy atom. The molecule has 0 aromatic carbocycles. The first-order valence-corrected chi connectivity index (χ1v) is 23.3. The first-order valence-electron chi connectivity index (χ1n) is 23.3. The second-order valence-electron chi connectivity index (χ2n) is 21.7. The lowest BCUT2D eigenvalue weighted by atomic mass is 9.76. The zero-order valence-corrected chi connectivity index (χ0v) is 40.8. The summed E-state index contributed by atoms with van der Waals surface area (Å²) in [6.45, 7) is 57.2. The van der Waals surface area contributed by atoms with Gasteiger partial charge in [0.25, 0.3) is 0 Å². The van der Waals surface area contributed by atoms with Gasteiger partial charge in [0.2, 0.25) is 0 Å². The van der Waals surface area contributed by atoms with E-state index in [9.17, 15) is 0 Å². The van der Waals surface area contributed by atoms with Crippen molar-refractivity contribution in [3.63, 3.8) is 0 Å². The van der Waals surface area contributed by atoms with Crippen LogP contribution in [0.5, 0.6) is 0 Å². The van der Waals surface area contributed by atoms with E-state index in [2.05, 4.69) is 166 Å². The Bertz CT molecular complexity index is 619. The first-order chi connectivity index (χ1) is 23.3. The molecule has 0 unspecified atom stereocenters. The largest absolute Gasteiger partial charge is 0.0625 e. The van der Waals surface area contributed by atoms with E-state index < -0.39 is 0 Å². The second-order valence-corrected chi connectivity index (χ2v) is 21.7. The SMILES string of the molecule is CC(C)C(CCC(C(C)C)C(C)C)C(C)C.CC(C)C(CCCC(C(C)C)C(C)C)C(C)C.CC(C)C(CCCCC(C(C)C)C(C)C)C(C)C. The Morgan fingerprint density at radius 2 is 0.275 bits per heavy atom. The summed E-state index contributed by atoms with van der Waals surface area (Å²) in [5.41, 5.74) is 0. The monoisotopic (exact) mass is 721 g/mol. The highest BCUT2D eigenvalue weighted by atomic mass is 14.3. The molecule has 51 heavy (non-hydrogen) atoms. The van der Waals surface area contributed by atoms with Crippen LogP contribution < -0.4 is 0 Å². The van der Waals surface area contributed by atoms with Gasteiger partial charge in [-0.3, -0.25) is 0 Å². The Hall–Kier alpha value is 0. The first kappa shape index (κ1) is 55.3. The molecule has 0 nitrogen and oxygen atoms in total. The third-order valence-electron chi connectivity index (χ3n) is 13.5. The molecule has 0 aliphatic carbocycles. The summed E-state index contributed by atoms with van der Waals surface area (Å²) in [5.74, 6) is 15.5. The Morgan fingerprint density at radius 3 is 0.412 bits per heavy atom. The summed E-state index contributed by atoms with van der Waals surface area (Å²) in [6, 6.07) is 0. The van der Waals surface area contributed by atoms with Gasteiger partial charge in [-0.15, -0.1) is 0 Å². The van der Waals surface area contributed by atoms with Crippen LogP contribution in [-0.2, 0) is 0 Å². The summed E-state index contributed by atoms with van der Waals surface area (Å²) >= 11 is 0. The van der Waals surface area contributed by atoms with Crippen molar-refractivity contribution in [1.29, 1.82) is 0 Å². The summed E-state index contributed by atoms with van der Waals surface area (Å²) in [5, 5.41) is 0. The molecule has 0 fully saturated rings. The molecule has 0 heterocycles. The highest BCUT2D eigenvalue weighted by Gasteiger charge is 2.24. The zero-order valence-electron chi connectivity index (χ0n) is 40.8. The van der Waals surface area contributed by atoms with Gasteiger partial charge < -0.3 is 0 Å². The average Bonchev–Trinajstić information content (AvgIpc) is 2.95. The number of rotatable bonds is 24. The van der Waals surface area contributed by atoms with E-state index >= 15 is 0 Å². The second kappa shape index (κ2) is 30.2. The van der Waals surface area contributed by atoms with E-state index in [4.69, 9.17) is 0 Å². The van der Waals surface area contributed by atoms with Crippen LogP contribution in [0.25, 0.3) is 0 Å². The fourth-order valence-electron chi connectivity index (χ4n) is 10.4. The van der Waals surface area contributed by atoms with Crippen LogP contribution >= 0.6 is 0 Å². The lowest BCUT2D eigenvalue weighted by molar-refractivity contribution is 0.201. The van der Waals surface area contributed by atoms with Crippen LogP contribution in [0, 0.1) is 107 Å². The van der Waals surface area contributed by atoms with Crippen LogP contribution in [0.1, 0.15) is 224 Å². The van der Waals surface area contributed by atoms with Gasteiger partial charge in [0.15, 0.2) is 0 Å². The van der Waals surface area contributed by atoms with Crippen molar-refractivity contribution in [2.75, 3.05) is 0 Å². The van der Waals surface area contributed by atoms with Gasteiger partial charge in [-0.2, -0.15) is 0 Å². The molecule has 0 saturated heterocycles. The standard InChI is InChI=1S/C18H38.C17H36.C16H34/c1-13(2)17(14(3)4)11-9-10-12-18(15(5)6)16(7)8;1-12(2)16(13(3)4)10-9-11-17(14(5)6)15(7)8;1-11(2)15(12(3)4)9-10-16(13(5)6)14(7)8/h13-18H,9-12H2,1-8H3;12-17H,9-11H2,1-8H3;11-16H,9-10H2,1-8H3. The summed E-state index contributed by atoms with van der Waals surface area (Å²) in [7, 11) is 0. The minimum Gasteiger partial charge on any atom is -0.0625 e. The maximum atomic E-state index is 2.38. The highest BCUT2D eigenvalue weighted by Crippen LogP contribution is 2.34. The number of hydrogen-bond acceptors (Lipinski definition) is 0. The lowest BCUT2D eigenvalue weighted by Gasteiger charge is -2.30. The van der Waals surface area contributed by atoms with Gasteiger partial charge in [0.1, 0.15) is 0 Å². The minimum absolute atomic E-state index is 0.833. The van der Waals surface area contributed by atoms with E-state index in [0.29, 0.717) is 0 Å². The van der Waals surface area contributed by atoms with Crippen molar-refractivity contribution in [3.8, 4) is 0 Å². The highest BCUT2D eigenvalue weighted by molar-refractivity contribution is 4.74. The predicted octanol–water partition coefficient (Wildman–Crippen LogP) is 18.0. The topological polar surface area (TPSA) is 0 Å². The van der Waals surface area contributed by atoms with Crippen LogP contribution in [0.15, 0.2) is 0 Å². The van der Waals surface area contributed by atoms with Crippen molar-refractivity contribution in [3.05, 3.63) is 0 Å². The molecule has 312 valence electrons. The van der Waals surface area contributed by atoms with E-state index in [1.807, 2.05) is 0 Å². The van der Waals surface area contributed by atoms with Crippen LogP contribution in [0.2, 0.25) is 0 Å². The molecule has 0 amide bonds. The fraction of sp³-hybridized carbons (Fsp3) is 1.00. The average molecular weight is 721 g/mol. The van der Waals surface area contributed by atoms with Crippen molar-refractivity contribution in [2.45, 2.75) is 224 Å². The molecule has 0 aromatic heterocycles. The van der Waals surface area contributed by atoms with Gasteiger partial charge >= 0.3 is 0 Å². The third-order valence-corrected chi connectivity index (χ3v) is 13.5. The molecule has 0 atom stereocenters. The van der Waals surface area contributed by atoms with Crippen LogP contribution in [0.4, 0.5) is 0 Å². The van der Waals surface area contributed by atoms with Gasteiger partial charge in [-0.25, -0.2) is 0 Å². The van der Waals surface area contributed by atoms with Gasteiger partial charge in [0.05, 0.1) is 0 Å². The molecule has 0 radical (unpaired) electrons. The molecular formula is C51H108. The normalized spacial score (nSPS) is 13.1. The Kier molecular flexibility index (Phi) is 32.8. The quantitative estimate of drug-likeness (QED) is 0.0871. The fourth-order valence-corrected chi connectivity index (χ4v) is 10.4. The molecule has 0 aliphatic heterocycles. The maximum Gasteiger partial charge on any atom is -0.0368 e. The molecule has 0 N–H and O–H groups in total. The van der Waals surface area contributed by atoms with Crippen LogP contribution in [-0.4, -0.2) is 0 Å². The van der Waals surface area contributed by atoms with Crippen LogP contribution in [0.3, 0.4) is 0 Å². The third kappa shape index (κ3) is 26.4. The molecule has 0 bridgehead atoms. The molecule has 0 spiro atoms. The Labute approximate surface area is 329 Å². The van der Waals surface area contributed by atoms with Crippen molar-refractivity contribution in [2.24, 2.45) is 107 Å². The number of unbranched alkanes of at least 4 members (excludes halogenated alkanes) is 1. The van der Waals surface area contributed by atoms with Gasteiger partial charge in [-0.1, -0.05) is 185 Å². The van der Waals surface area contributed by atoms with E-state index in [-0.39, 0.29) is 0 Å². The van der Waals surface area contributed by atoms with Crippen molar-refractivity contribution < 1.29 is 0 Å². The molecule has 0 rings (SSSR count). The van der Waals surface area contributed by atoms with Gasteiger partial charge in [-0.05, 0) is 145 Å². The number of hydrogen-bond donors (Lipinski definition) is 0. The van der Waals surface area contributed by atoms with E-state index in [0.717, 1.165) is 107 Å². The maximum absolute atomic E-state index is 2.38. The Balaban J connectivity index is -0.000000679. The van der Waals surface area contributed by atoms with E-state index in [1.54, 1.807) is 0 Å². The smallest absolute Gasteiger partial charge is 0.0368 e. The molecule has 0 aromatic rings. The van der Waals surface area contributed by atoms with Crippen molar-refractivity contribution >= 4 is 0 Å². The molecule has 0 aliphatic rings. The minimum atomic E-state index is 0.833. The molecule has 0 saturated carbocycles. The van der Waals surface area contributed by atoms with Crippen molar-refractivity contribution in [1.82, 2.24) is 0 Å². The summed E-state index contributed by atoms with van der Waals surface area (Å²) < 4.78 is 0. The van der Waals surface area contributed by atoms with Gasteiger partial charge in [0, 0.05) is 0 Å². The lowest BCUT2D eigenvalue weighted by Crippen LogP contribution is -2.21. The molecule has 0 heteroatoms. The molecular weight excluding hydrogens is 613 g/mol. The zero-order chi connectivity index (χ0) is 40.8. The van der Waals surface area contributed by atoms with E-state index in [1.165, 1.54) is 57.8 Å². The summed E-state index contributed by atoms with van der Waals surface area (Å²) in [4.78, 5) is 0. The summed E-state index contributed by atoms with van der Waals surface area (Å²) in [6.07, 6.45) is 12.8.